The molecule has 0 aliphatic rings. The highest BCUT2D eigenvalue weighted by atomic mass is 16.2. The summed E-state index contributed by atoms with van der Waals surface area (Å²) in [6.45, 7) is 1.16. The Bertz CT molecular complexity index is 1390. The van der Waals surface area contributed by atoms with Crippen LogP contribution in [0.4, 0.5) is 0 Å². The van der Waals surface area contributed by atoms with E-state index in [1.807, 2.05) is 36.4 Å². The van der Waals surface area contributed by atoms with E-state index < -0.39 is 0 Å². The second-order valence-corrected chi connectivity index (χ2v) is 8.59. The zero-order valence-electron chi connectivity index (χ0n) is 19.4. The van der Waals surface area contributed by atoms with Crippen LogP contribution in [0.1, 0.15) is 45.8 Å². The van der Waals surface area contributed by atoms with E-state index in [1.165, 1.54) is 5.56 Å². The van der Waals surface area contributed by atoms with Crippen molar-refractivity contribution in [2.75, 3.05) is 0 Å². The number of carbonyl (C=O) groups is 1. The molecule has 5 aromatic rings. The molecular weight excluding hydrogens is 438 g/mol. The van der Waals surface area contributed by atoms with Gasteiger partial charge in [-0.3, -0.25) is 9.48 Å². The molecule has 35 heavy (non-hydrogen) atoms. The Hall–Kier alpha value is -4.33. The zero-order chi connectivity index (χ0) is 23.9. The van der Waals surface area contributed by atoms with Crippen molar-refractivity contribution in [3.63, 3.8) is 0 Å². The molecule has 0 aliphatic heterocycles. The minimum atomic E-state index is -0.221. The largest absolute Gasteiger partial charge is 0.347 e. The fourth-order valence-corrected chi connectivity index (χ4v) is 4.03. The fourth-order valence-electron chi connectivity index (χ4n) is 4.03. The van der Waals surface area contributed by atoms with E-state index in [9.17, 15) is 4.79 Å². The summed E-state index contributed by atoms with van der Waals surface area (Å²) in [6, 6.07) is 24.4. The topological polar surface area (TPSA) is 101 Å². The molecule has 0 unspecified atom stereocenters. The third-order valence-corrected chi connectivity index (χ3v) is 5.86. The van der Waals surface area contributed by atoms with Crippen molar-refractivity contribution in [3.05, 3.63) is 107 Å². The summed E-state index contributed by atoms with van der Waals surface area (Å²) in [5.74, 6) is -0.221. The quantitative estimate of drug-likeness (QED) is 0.303. The van der Waals surface area contributed by atoms with Crippen molar-refractivity contribution in [3.8, 4) is 0 Å². The predicted octanol–water partition coefficient (Wildman–Crippen LogP) is 4.09. The Morgan fingerprint density at radius 2 is 1.66 bits per heavy atom. The summed E-state index contributed by atoms with van der Waals surface area (Å²) in [4.78, 5) is 15.7. The monoisotopic (exact) mass is 465 g/mol. The van der Waals surface area contributed by atoms with Gasteiger partial charge in [0.2, 0.25) is 0 Å². The Balaban J connectivity index is 1.09. The van der Waals surface area contributed by atoms with Gasteiger partial charge in [0.05, 0.1) is 11.9 Å². The molecule has 2 aromatic carbocycles. The van der Waals surface area contributed by atoms with E-state index in [1.54, 1.807) is 10.9 Å². The molecule has 1 amide bonds. The first-order chi connectivity index (χ1) is 17.2. The number of nitrogens with one attached hydrogen (secondary N) is 2. The summed E-state index contributed by atoms with van der Waals surface area (Å²) in [7, 11) is 0. The van der Waals surface area contributed by atoms with Gasteiger partial charge in [-0.25, -0.2) is 0 Å². The van der Waals surface area contributed by atoms with Gasteiger partial charge in [0.1, 0.15) is 0 Å². The van der Waals surface area contributed by atoms with Gasteiger partial charge in [-0.1, -0.05) is 65.9 Å². The number of hydrogen-bond acceptors (Lipinski definition) is 5. The van der Waals surface area contributed by atoms with Crippen molar-refractivity contribution >= 4 is 16.9 Å². The van der Waals surface area contributed by atoms with Gasteiger partial charge in [-0.2, -0.15) is 5.10 Å². The molecule has 3 heterocycles. The van der Waals surface area contributed by atoms with Crippen molar-refractivity contribution in [1.82, 2.24) is 35.5 Å². The molecule has 0 bridgehead atoms. The number of aryl methyl sites for hydroxylation is 2. The number of fused-ring (bicyclic) bond motifs is 1. The lowest BCUT2D eigenvalue weighted by Gasteiger charge is -2.02. The maximum Gasteiger partial charge on any atom is 0.273 e. The number of amides is 1. The number of aromatic amines is 1. The van der Waals surface area contributed by atoms with Crippen molar-refractivity contribution in [2.24, 2.45) is 0 Å². The normalized spacial score (nSPS) is 11.1. The van der Waals surface area contributed by atoms with E-state index in [4.69, 9.17) is 0 Å². The van der Waals surface area contributed by atoms with Crippen LogP contribution in [0.5, 0.6) is 0 Å². The second-order valence-electron chi connectivity index (χ2n) is 8.59. The minimum Gasteiger partial charge on any atom is -0.347 e. The van der Waals surface area contributed by atoms with Crippen LogP contribution < -0.4 is 5.32 Å². The predicted molar refractivity (Wildman–Crippen MR) is 134 cm³/mol. The highest BCUT2D eigenvalue weighted by Crippen LogP contribution is 2.17. The Labute approximate surface area is 203 Å². The molecule has 8 nitrogen and oxygen atoms in total. The van der Waals surface area contributed by atoms with Crippen molar-refractivity contribution in [1.29, 1.82) is 0 Å². The lowest BCUT2D eigenvalue weighted by molar-refractivity contribution is 0.0946. The van der Waals surface area contributed by atoms with Crippen molar-refractivity contribution in [2.45, 2.75) is 38.8 Å². The van der Waals surface area contributed by atoms with Gasteiger partial charge in [-0.05, 0) is 42.5 Å². The standard InChI is InChI=1S/C27H27N7O/c35-27(28-18-21-11-5-2-6-12-21)25-19-34(33-31-25)14-8-7-13-23-16-22-17-24(29-26(22)32-30-23)15-20-9-3-1-4-10-20/h1-6,9-12,16-17,19H,7-8,13-15,18H2,(H,28,35)(H,29,32). The average Bonchev–Trinajstić information content (AvgIpc) is 3.53. The highest BCUT2D eigenvalue weighted by Gasteiger charge is 2.11. The third-order valence-electron chi connectivity index (χ3n) is 5.86. The molecule has 8 heteroatoms. The number of benzene rings is 2. The lowest BCUT2D eigenvalue weighted by Crippen LogP contribution is -2.23. The van der Waals surface area contributed by atoms with Crippen LogP contribution in [0.15, 0.2) is 79.0 Å². The van der Waals surface area contributed by atoms with E-state index >= 15 is 0 Å². The van der Waals surface area contributed by atoms with Gasteiger partial charge in [0.25, 0.3) is 5.91 Å². The van der Waals surface area contributed by atoms with E-state index in [-0.39, 0.29) is 5.91 Å². The second kappa shape index (κ2) is 10.7. The van der Waals surface area contributed by atoms with E-state index in [0.717, 1.165) is 53.7 Å². The maximum absolute atomic E-state index is 12.3. The highest BCUT2D eigenvalue weighted by molar-refractivity contribution is 5.91. The van der Waals surface area contributed by atoms with Crippen LogP contribution in [0.2, 0.25) is 0 Å². The number of unbranched alkanes of at least 4 members (excludes halogenated alkanes) is 1. The van der Waals surface area contributed by atoms with Gasteiger partial charge < -0.3 is 10.3 Å². The van der Waals surface area contributed by atoms with Crippen LogP contribution in [-0.2, 0) is 25.9 Å². The minimum absolute atomic E-state index is 0.221. The number of hydrogen-bond donors (Lipinski definition) is 2. The van der Waals surface area contributed by atoms with Gasteiger partial charge >= 0.3 is 0 Å². The Morgan fingerprint density at radius 3 is 2.46 bits per heavy atom. The molecule has 0 spiro atoms. The lowest BCUT2D eigenvalue weighted by atomic mass is 10.1. The molecule has 0 aliphatic carbocycles. The molecule has 176 valence electrons. The van der Waals surface area contributed by atoms with Crippen LogP contribution in [-0.4, -0.2) is 36.1 Å². The van der Waals surface area contributed by atoms with Gasteiger partial charge in [0.15, 0.2) is 11.3 Å². The third kappa shape index (κ3) is 5.97. The number of aromatic nitrogens is 6. The molecule has 0 saturated carbocycles. The van der Waals surface area contributed by atoms with Gasteiger partial charge in [-0.15, -0.1) is 10.2 Å². The number of carbonyl (C=O) groups excluding carboxylic acids is 1. The molecule has 0 atom stereocenters. The molecule has 0 fully saturated rings. The van der Waals surface area contributed by atoms with Crippen LogP contribution >= 0.6 is 0 Å². The van der Waals surface area contributed by atoms with E-state index in [0.29, 0.717) is 18.8 Å². The smallest absolute Gasteiger partial charge is 0.273 e. The fraction of sp³-hybridized carbons (Fsp3) is 0.222. The summed E-state index contributed by atoms with van der Waals surface area (Å²) in [5.41, 5.74) is 5.56. The van der Waals surface area contributed by atoms with Crippen molar-refractivity contribution < 1.29 is 4.79 Å². The molecule has 5 rings (SSSR count). The summed E-state index contributed by atoms with van der Waals surface area (Å²) in [5, 5.41) is 20.8. The first-order valence-electron chi connectivity index (χ1n) is 11.8. The molecule has 2 N–H and O–H groups in total. The summed E-state index contributed by atoms with van der Waals surface area (Å²) >= 11 is 0. The van der Waals surface area contributed by atoms with Crippen LogP contribution in [0.3, 0.4) is 0 Å². The number of H-pyrrole nitrogens is 1. The summed E-state index contributed by atoms with van der Waals surface area (Å²) < 4.78 is 1.72. The summed E-state index contributed by atoms with van der Waals surface area (Å²) in [6.07, 6.45) is 5.22. The first-order valence-corrected chi connectivity index (χ1v) is 11.8. The number of rotatable bonds is 10. The average molecular weight is 466 g/mol. The van der Waals surface area contributed by atoms with Crippen LogP contribution in [0.25, 0.3) is 11.0 Å². The molecular formula is C27H27N7O. The Kier molecular flexibility index (Phi) is 6.89. The Morgan fingerprint density at radius 1 is 0.886 bits per heavy atom. The molecule has 0 radical (unpaired) electrons. The first kappa shape index (κ1) is 22.5. The maximum atomic E-state index is 12.3. The van der Waals surface area contributed by atoms with E-state index in [2.05, 4.69) is 67.2 Å². The molecule has 3 aromatic heterocycles. The zero-order valence-corrected chi connectivity index (χ0v) is 19.4. The SMILES string of the molecule is O=C(NCc1ccccc1)c1cn(CCCCc2cc3cc(Cc4ccccc4)[nH]c3nn2)nn1. The van der Waals surface area contributed by atoms with Gasteiger partial charge in [0, 0.05) is 30.6 Å². The molecule has 0 saturated heterocycles. The number of nitrogens with zero attached hydrogens (tertiary/aromatic N) is 5. The van der Waals surface area contributed by atoms with Crippen LogP contribution in [0, 0.1) is 0 Å².